The lowest BCUT2D eigenvalue weighted by molar-refractivity contribution is -0.138. The molecule has 0 saturated heterocycles. The first kappa shape index (κ1) is 28.1. The van der Waals surface area contributed by atoms with Crippen molar-refractivity contribution >= 4 is 40.3 Å². The number of primary amides is 2. The molecule has 2 aromatic carbocycles. The SMILES string of the molecule is NC(=O)c1cc(NC2=NCC(F)CN2)c2cnn(C(C(N)=O)[C@@H](CC(=O)O)c3cc(OC(F)F)ccc3F)c2c1. The molecule has 0 spiro atoms. The lowest BCUT2D eigenvalue weighted by atomic mass is 9.87. The summed E-state index contributed by atoms with van der Waals surface area (Å²) < 4.78 is 59.4. The summed E-state index contributed by atoms with van der Waals surface area (Å²) in [5.41, 5.74) is 10.9. The number of carboxylic acid groups (broad SMARTS) is 1. The van der Waals surface area contributed by atoms with Crippen LogP contribution in [-0.4, -0.2) is 64.5 Å². The number of aliphatic imine (C=N–C) groups is 1. The molecule has 0 fully saturated rings. The predicted molar refractivity (Wildman–Crippen MR) is 133 cm³/mol. The second-order valence-corrected chi connectivity index (χ2v) is 8.82. The third-order valence-corrected chi connectivity index (χ3v) is 6.12. The minimum atomic E-state index is -3.25. The molecule has 4 rings (SSSR count). The molecule has 212 valence electrons. The van der Waals surface area contributed by atoms with E-state index in [9.17, 15) is 37.1 Å². The van der Waals surface area contributed by atoms with Gasteiger partial charge in [0.05, 0.1) is 36.9 Å². The van der Waals surface area contributed by atoms with Crippen LogP contribution in [0.25, 0.3) is 10.9 Å². The number of halogens is 4. The van der Waals surface area contributed by atoms with Crippen molar-refractivity contribution in [3.05, 3.63) is 53.5 Å². The second-order valence-electron chi connectivity index (χ2n) is 8.82. The molecule has 1 aliphatic heterocycles. The summed E-state index contributed by atoms with van der Waals surface area (Å²) in [5.74, 6) is -6.34. The van der Waals surface area contributed by atoms with Gasteiger partial charge in [-0.1, -0.05) is 0 Å². The normalized spacial score (nSPS) is 16.6. The molecule has 12 nitrogen and oxygen atoms in total. The van der Waals surface area contributed by atoms with Crippen LogP contribution in [0, 0.1) is 5.82 Å². The molecule has 40 heavy (non-hydrogen) atoms. The van der Waals surface area contributed by atoms with Crippen LogP contribution in [-0.2, 0) is 9.59 Å². The number of guanidine groups is 1. The third kappa shape index (κ3) is 6.05. The number of aromatic nitrogens is 2. The summed E-state index contributed by atoms with van der Waals surface area (Å²) in [4.78, 5) is 40.7. The maximum atomic E-state index is 15.0. The number of alkyl halides is 3. The molecule has 2 amide bonds. The van der Waals surface area contributed by atoms with Gasteiger partial charge in [0.1, 0.15) is 23.8 Å². The molecule has 1 aromatic heterocycles. The van der Waals surface area contributed by atoms with Crippen LogP contribution in [0.3, 0.4) is 0 Å². The van der Waals surface area contributed by atoms with Crippen LogP contribution < -0.4 is 26.8 Å². The van der Waals surface area contributed by atoms with Crippen LogP contribution in [0.4, 0.5) is 23.2 Å². The van der Waals surface area contributed by atoms with Gasteiger partial charge < -0.3 is 31.9 Å². The molecule has 3 atom stereocenters. The van der Waals surface area contributed by atoms with Crippen LogP contribution in [0.15, 0.2) is 41.5 Å². The van der Waals surface area contributed by atoms with E-state index >= 15 is 0 Å². The van der Waals surface area contributed by atoms with E-state index in [-0.39, 0.29) is 41.2 Å². The monoisotopic (exact) mass is 565 g/mol. The number of anilines is 1. The van der Waals surface area contributed by atoms with Gasteiger partial charge in [-0.05, 0) is 35.9 Å². The van der Waals surface area contributed by atoms with Crippen LogP contribution in [0.5, 0.6) is 5.75 Å². The Morgan fingerprint density at radius 1 is 1.23 bits per heavy atom. The number of hydrogen-bond acceptors (Lipinski definition) is 8. The zero-order valence-electron chi connectivity index (χ0n) is 20.5. The molecule has 7 N–H and O–H groups in total. The van der Waals surface area contributed by atoms with Gasteiger partial charge in [0.25, 0.3) is 0 Å². The molecule has 3 aromatic rings. The van der Waals surface area contributed by atoms with Crippen molar-refractivity contribution in [1.29, 1.82) is 0 Å². The van der Waals surface area contributed by atoms with Crippen molar-refractivity contribution in [2.24, 2.45) is 16.5 Å². The number of aliphatic carboxylic acids is 1. The highest BCUT2D eigenvalue weighted by atomic mass is 19.3. The summed E-state index contributed by atoms with van der Waals surface area (Å²) in [5, 5.41) is 19.7. The largest absolute Gasteiger partial charge is 0.481 e. The first-order valence-electron chi connectivity index (χ1n) is 11.7. The summed E-state index contributed by atoms with van der Waals surface area (Å²) in [7, 11) is 0. The Morgan fingerprint density at radius 2 is 1.98 bits per heavy atom. The molecular formula is C24H23F4N7O5. The van der Waals surface area contributed by atoms with Crippen molar-refractivity contribution < 1.29 is 41.8 Å². The molecule has 2 unspecified atom stereocenters. The number of carbonyl (C=O) groups excluding carboxylic acids is 2. The molecule has 2 heterocycles. The maximum Gasteiger partial charge on any atom is 0.387 e. The first-order chi connectivity index (χ1) is 18.9. The molecule has 0 radical (unpaired) electrons. The number of ether oxygens (including phenoxy) is 1. The third-order valence-electron chi connectivity index (χ3n) is 6.12. The fourth-order valence-electron chi connectivity index (χ4n) is 4.39. The number of carbonyl (C=O) groups is 3. The van der Waals surface area contributed by atoms with Crippen molar-refractivity contribution in [2.45, 2.75) is 31.2 Å². The van der Waals surface area contributed by atoms with E-state index in [1.54, 1.807) is 0 Å². The van der Waals surface area contributed by atoms with Crippen LogP contribution >= 0.6 is 0 Å². The molecule has 1 aliphatic rings. The minimum absolute atomic E-state index is 0.0235. The number of nitrogens with two attached hydrogens (primary N) is 2. The molecule has 0 saturated carbocycles. The second kappa shape index (κ2) is 11.5. The number of rotatable bonds is 10. The topological polar surface area (TPSA) is 187 Å². The standard InChI is InChI=1S/C24H23F4N7O5/c25-11-7-31-24(32-8-11)34-17-3-10(21(29)38)4-18-15(17)9-33-35(18)20(22(30)39)14(6-19(36)37)13-5-12(40-23(27)28)1-2-16(13)26/h1-5,9,11,14,20,23H,6-8H2,(H2,29,38)(H2,30,39)(H,36,37)(H2,31,32,34)/t14-,20?/m0/s1. The van der Waals surface area contributed by atoms with E-state index in [4.69, 9.17) is 11.5 Å². The zero-order valence-corrected chi connectivity index (χ0v) is 20.5. The number of amides is 2. The Morgan fingerprint density at radius 3 is 2.58 bits per heavy atom. The number of benzene rings is 2. The number of fused-ring (bicyclic) bond motifs is 1. The van der Waals surface area contributed by atoms with Gasteiger partial charge in [-0.2, -0.15) is 13.9 Å². The fraction of sp³-hybridized carbons (Fsp3) is 0.292. The summed E-state index contributed by atoms with van der Waals surface area (Å²) >= 11 is 0. The van der Waals surface area contributed by atoms with E-state index < -0.39 is 66.1 Å². The van der Waals surface area contributed by atoms with E-state index in [0.717, 1.165) is 22.9 Å². The van der Waals surface area contributed by atoms with Crippen molar-refractivity contribution in [3.63, 3.8) is 0 Å². The average molecular weight is 565 g/mol. The van der Waals surface area contributed by atoms with Gasteiger partial charge >= 0.3 is 12.6 Å². The summed E-state index contributed by atoms with van der Waals surface area (Å²) in [6.45, 7) is -3.40. The van der Waals surface area contributed by atoms with Gasteiger partial charge in [-0.15, -0.1) is 0 Å². The zero-order chi connectivity index (χ0) is 29.1. The Hall–Kier alpha value is -4.89. The summed E-state index contributed by atoms with van der Waals surface area (Å²) in [6.07, 6.45) is -0.794. The van der Waals surface area contributed by atoms with E-state index in [2.05, 4.69) is 25.5 Å². The lowest BCUT2D eigenvalue weighted by Crippen LogP contribution is -2.41. The highest BCUT2D eigenvalue weighted by molar-refractivity contribution is 6.07. The van der Waals surface area contributed by atoms with Crippen LogP contribution in [0.2, 0.25) is 0 Å². The van der Waals surface area contributed by atoms with Gasteiger partial charge in [0.15, 0.2) is 5.96 Å². The number of nitrogens with zero attached hydrogens (tertiary/aromatic N) is 3. The Bertz CT molecular complexity index is 1500. The molecule has 16 heteroatoms. The predicted octanol–water partition coefficient (Wildman–Crippen LogP) is 1.87. The maximum absolute atomic E-state index is 15.0. The van der Waals surface area contributed by atoms with Gasteiger partial charge in [-0.25, -0.2) is 13.8 Å². The highest BCUT2D eigenvalue weighted by Crippen LogP contribution is 2.38. The van der Waals surface area contributed by atoms with Gasteiger partial charge in [-0.3, -0.25) is 19.1 Å². The summed E-state index contributed by atoms with van der Waals surface area (Å²) in [6, 6.07) is 3.50. The van der Waals surface area contributed by atoms with E-state index in [0.29, 0.717) is 0 Å². The highest BCUT2D eigenvalue weighted by Gasteiger charge is 2.36. The van der Waals surface area contributed by atoms with Gasteiger partial charge in [0, 0.05) is 16.9 Å². The average Bonchev–Trinajstić information content (AvgIpc) is 3.29. The van der Waals surface area contributed by atoms with E-state index in [1.807, 2.05) is 0 Å². The number of carboxylic acids is 1. The van der Waals surface area contributed by atoms with Crippen molar-refractivity contribution in [3.8, 4) is 5.75 Å². The smallest absolute Gasteiger partial charge is 0.387 e. The van der Waals surface area contributed by atoms with Crippen LogP contribution in [0.1, 0.15) is 34.3 Å². The molecule has 0 bridgehead atoms. The molecule has 0 aliphatic carbocycles. The quantitative estimate of drug-likeness (QED) is 0.230. The fourth-order valence-corrected chi connectivity index (χ4v) is 4.39. The number of hydrogen-bond donors (Lipinski definition) is 5. The van der Waals surface area contributed by atoms with Gasteiger partial charge in [0.2, 0.25) is 11.8 Å². The first-order valence-corrected chi connectivity index (χ1v) is 11.7. The molecular weight excluding hydrogens is 542 g/mol. The van der Waals surface area contributed by atoms with Crippen molar-refractivity contribution in [2.75, 3.05) is 18.4 Å². The minimum Gasteiger partial charge on any atom is -0.481 e. The van der Waals surface area contributed by atoms with E-state index in [1.165, 1.54) is 18.3 Å². The lowest BCUT2D eigenvalue weighted by Gasteiger charge is -2.26. The van der Waals surface area contributed by atoms with Crippen molar-refractivity contribution in [1.82, 2.24) is 15.1 Å². The Kier molecular flexibility index (Phi) is 8.06. The Labute approximate surface area is 223 Å². The Balaban J connectivity index is 1.87. The number of nitrogens with one attached hydrogen (secondary N) is 2.